The second kappa shape index (κ2) is 8.74. The molecule has 0 radical (unpaired) electrons. The first-order valence-electron chi connectivity index (χ1n) is 8.79. The summed E-state index contributed by atoms with van der Waals surface area (Å²) in [6, 6.07) is 0. The van der Waals surface area contributed by atoms with E-state index in [2.05, 4.69) is 5.32 Å². The first-order chi connectivity index (χ1) is 10.2. The Bertz CT molecular complexity index is 312. The van der Waals surface area contributed by atoms with Gasteiger partial charge in [-0.05, 0) is 52.1 Å². The summed E-state index contributed by atoms with van der Waals surface area (Å²) in [4.78, 5) is 14.6. The first-order valence-corrected chi connectivity index (χ1v) is 8.79. The third-order valence-electron chi connectivity index (χ3n) is 4.87. The predicted molar refractivity (Wildman–Crippen MR) is 85.3 cm³/mol. The van der Waals surface area contributed by atoms with E-state index >= 15 is 0 Å². The molecule has 1 amide bonds. The van der Waals surface area contributed by atoms with Gasteiger partial charge >= 0.3 is 0 Å². The summed E-state index contributed by atoms with van der Waals surface area (Å²) in [6.45, 7) is 4.73. The van der Waals surface area contributed by atoms with Crippen LogP contribution in [-0.2, 0) is 9.53 Å². The highest BCUT2D eigenvalue weighted by Crippen LogP contribution is 2.22. The number of carbonyl (C=O) groups excluding carboxylic acids is 1. The summed E-state index contributed by atoms with van der Waals surface area (Å²) in [5.41, 5.74) is 0. The minimum atomic E-state index is -0.276. The lowest BCUT2D eigenvalue weighted by molar-refractivity contribution is -0.148. The summed E-state index contributed by atoms with van der Waals surface area (Å²) in [7, 11) is 1.98. The SMILES string of the molecule is CNCC1CCCN(C(=O)C(C)OC2CCCCCC2)C1. The zero-order valence-electron chi connectivity index (χ0n) is 13.8. The molecule has 2 unspecified atom stereocenters. The third-order valence-corrected chi connectivity index (χ3v) is 4.87. The number of ether oxygens (including phenoxy) is 1. The van der Waals surface area contributed by atoms with Crippen molar-refractivity contribution in [3.8, 4) is 0 Å². The van der Waals surface area contributed by atoms with Crippen molar-refractivity contribution in [1.82, 2.24) is 10.2 Å². The zero-order valence-corrected chi connectivity index (χ0v) is 13.8. The van der Waals surface area contributed by atoms with Crippen molar-refractivity contribution in [2.24, 2.45) is 5.92 Å². The van der Waals surface area contributed by atoms with Gasteiger partial charge in [0.2, 0.25) is 0 Å². The molecule has 2 rings (SSSR count). The minimum absolute atomic E-state index is 0.194. The zero-order chi connectivity index (χ0) is 15.1. The Kier molecular flexibility index (Phi) is 6.97. The maximum atomic E-state index is 12.6. The van der Waals surface area contributed by atoms with E-state index in [1.165, 1.54) is 32.1 Å². The fourth-order valence-electron chi connectivity index (χ4n) is 3.70. The molecule has 1 N–H and O–H groups in total. The molecule has 0 aromatic rings. The van der Waals surface area contributed by atoms with E-state index < -0.39 is 0 Å². The van der Waals surface area contributed by atoms with Crippen molar-refractivity contribution >= 4 is 5.91 Å². The van der Waals surface area contributed by atoms with Gasteiger partial charge in [-0.1, -0.05) is 25.7 Å². The maximum Gasteiger partial charge on any atom is 0.251 e. The number of hydrogen-bond donors (Lipinski definition) is 1. The van der Waals surface area contributed by atoms with Crippen molar-refractivity contribution in [3.63, 3.8) is 0 Å². The Hall–Kier alpha value is -0.610. The number of rotatable bonds is 5. The molecule has 0 aromatic carbocycles. The van der Waals surface area contributed by atoms with Gasteiger partial charge in [0.15, 0.2) is 0 Å². The smallest absolute Gasteiger partial charge is 0.251 e. The van der Waals surface area contributed by atoms with Crippen LogP contribution in [0.1, 0.15) is 58.3 Å². The number of nitrogens with one attached hydrogen (secondary N) is 1. The minimum Gasteiger partial charge on any atom is -0.365 e. The molecule has 0 spiro atoms. The van der Waals surface area contributed by atoms with Crippen molar-refractivity contribution < 1.29 is 9.53 Å². The normalized spacial score (nSPS) is 26.4. The molecule has 1 saturated carbocycles. The Labute approximate surface area is 129 Å². The second-order valence-electron chi connectivity index (χ2n) is 6.74. The highest BCUT2D eigenvalue weighted by atomic mass is 16.5. The molecular weight excluding hydrogens is 264 g/mol. The van der Waals surface area contributed by atoms with Crippen LogP contribution < -0.4 is 5.32 Å². The van der Waals surface area contributed by atoms with Gasteiger partial charge in [0, 0.05) is 13.1 Å². The highest BCUT2D eigenvalue weighted by Gasteiger charge is 2.28. The average Bonchev–Trinajstić information content (AvgIpc) is 2.76. The van der Waals surface area contributed by atoms with E-state index in [1.54, 1.807) is 0 Å². The summed E-state index contributed by atoms with van der Waals surface area (Å²) < 4.78 is 6.07. The van der Waals surface area contributed by atoms with E-state index in [-0.39, 0.29) is 12.0 Å². The molecule has 1 saturated heterocycles. The van der Waals surface area contributed by atoms with Gasteiger partial charge < -0.3 is 15.0 Å². The van der Waals surface area contributed by atoms with Crippen molar-refractivity contribution in [2.75, 3.05) is 26.7 Å². The van der Waals surface area contributed by atoms with Crippen molar-refractivity contribution in [1.29, 1.82) is 0 Å². The van der Waals surface area contributed by atoms with Crippen LogP contribution in [0.15, 0.2) is 0 Å². The molecule has 2 atom stereocenters. The van der Waals surface area contributed by atoms with Gasteiger partial charge in [-0.25, -0.2) is 0 Å². The lowest BCUT2D eigenvalue weighted by Gasteiger charge is -2.35. The topological polar surface area (TPSA) is 41.6 Å². The van der Waals surface area contributed by atoms with Crippen LogP contribution in [0.3, 0.4) is 0 Å². The van der Waals surface area contributed by atoms with Gasteiger partial charge in [-0.2, -0.15) is 0 Å². The fourth-order valence-corrected chi connectivity index (χ4v) is 3.70. The molecule has 2 aliphatic rings. The van der Waals surface area contributed by atoms with E-state index in [0.29, 0.717) is 12.0 Å². The summed E-state index contributed by atoms with van der Waals surface area (Å²) in [5.74, 6) is 0.790. The molecule has 21 heavy (non-hydrogen) atoms. The van der Waals surface area contributed by atoms with Crippen LogP contribution in [-0.4, -0.2) is 49.7 Å². The molecule has 0 bridgehead atoms. The molecule has 4 nitrogen and oxygen atoms in total. The number of nitrogens with zero attached hydrogens (tertiary/aromatic N) is 1. The van der Waals surface area contributed by atoms with Crippen molar-refractivity contribution in [2.45, 2.75) is 70.5 Å². The summed E-state index contributed by atoms with van der Waals surface area (Å²) in [5, 5.41) is 3.23. The van der Waals surface area contributed by atoms with Gasteiger partial charge in [-0.15, -0.1) is 0 Å². The van der Waals surface area contributed by atoms with Crippen LogP contribution in [0.4, 0.5) is 0 Å². The van der Waals surface area contributed by atoms with Gasteiger partial charge in [0.05, 0.1) is 6.10 Å². The number of carbonyl (C=O) groups is 1. The molecule has 1 aliphatic carbocycles. The van der Waals surface area contributed by atoms with Gasteiger partial charge in [-0.3, -0.25) is 4.79 Å². The second-order valence-corrected chi connectivity index (χ2v) is 6.74. The van der Waals surface area contributed by atoms with Gasteiger partial charge in [0.1, 0.15) is 6.10 Å². The Morgan fingerprint density at radius 1 is 1.19 bits per heavy atom. The third kappa shape index (κ3) is 5.26. The highest BCUT2D eigenvalue weighted by molar-refractivity contribution is 5.80. The van der Waals surface area contributed by atoms with Crippen molar-refractivity contribution in [3.05, 3.63) is 0 Å². The maximum absolute atomic E-state index is 12.6. The quantitative estimate of drug-likeness (QED) is 0.793. The van der Waals surface area contributed by atoms with Gasteiger partial charge in [0.25, 0.3) is 5.91 Å². The molecule has 1 aliphatic heterocycles. The molecular formula is C17H32N2O2. The van der Waals surface area contributed by atoms with Crippen LogP contribution >= 0.6 is 0 Å². The fraction of sp³-hybridized carbons (Fsp3) is 0.941. The molecule has 0 aromatic heterocycles. The Morgan fingerprint density at radius 2 is 1.90 bits per heavy atom. The lowest BCUT2D eigenvalue weighted by Crippen LogP contribution is -2.47. The number of piperidine rings is 1. The molecule has 1 heterocycles. The molecule has 2 fully saturated rings. The standard InChI is InChI=1S/C17H32N2O2/c1-14(21-16-9-5-3-4-6-10-16)17(20)19-11-7-8-15(13-19)12-18-2/h14-16,18H,3-13H2,1-2H3. The van der Waals surface area contributed by atoms with E-state index in [9.17, 15) is 4.79 Å². The number of amides is 1. The van der Waals surface area contributed by atoms with E-state index in [4.69, 9.17) is 4.74 Å². The first kappa shape index (κ1) is 16.8. The summed E-state index contributed by atoms with van der Waals surface area (Å²) >= 11 is 0. The number of hydrogen-bond acceptors (Lipinski definition) is 3. The monoisotopic (exact) mass is 296 g/mol. The van der Waals surface area contributed by atoms with Crippen LogP contribution in [0.5, 0.6) is 0 Å². The van der Waals surface area contributed by atoms with Crippen LogP contribution in [0, 0.1) is 5.92 Å². The Balaban J connectivity index is 1.80. The van der Waals surface area contributed by atoms with E-state index in [1.807, 2.05) is 18.9 Å². The molecule has 4 heteroatoms. The van der Waals surface area contributed by atoms with Crippen LogP contribution in [0.2, 0.25) is 0 Å². The average molecular weight is 296 g/mol. The molecule has 122 valence electrons. The predicted octanol–water partition coefficient (Wildman–Crippen LogP) is 2.57. The Morgan fingerprint density at radius 3 is 2.57 bits per heavy atom. The number of likely N-dealkylation sites (tertiary alicyclic amines) is 1. The largest absolute Gasteiger partial charge is 0.365 e. The van der Waals surface area contributed by atoms with Crippen LogP contribution in [0.25, 0.3) is 0 Å². The van der Waals surface area contributed by atoms with E-state index in [0.717, 1.165) is 38.9 Å². The summed E-state index contributed by atoms with van der Waals surface area (Å²) in [6.07, 6.45) is 9.75. The lowest BCUT2D eigenvalue weighted by atomic mass is 9.97.